The lowest BCUT2D eigenvalue weighted by Crippen LogP contribution is -2.39. The summed E-state index contributed by atoms with van der Waals surface area (Å²) in [6.07, 6.45) is 3.48. The van der Waals surface area contributed by atoms with E-state index in [1.807, 2.05) is 6.07 Å². The minimum Gasteiger partial charge on any atom is -0.497 e. The average Bonchev–Trinajstić information content (AvgIpc) is 3.39. The highest BCUT2D eigenvalue weighted by Crippen LogP contribution is 2.48. The standard InChI is InChI=1S/C20H28O7/c1-20(2)26-15-11-12(22-3)10-13(17(15)19(21)27-20)18-14(25-18)8-6-7-9-16(23-4)24-5/h10-11,14,16,18H,6-9H2,1-5H3. The molecule has 0 spiro atoms. The predicted molar refractivity (Wildman–Crippen MR) is 97.0 cm³/mol. The molecule has 7 nitrogen and oxygen atoms in total. The summed E-state index contributed by atoms with van der Waals surface area (Å²) in [5, 5.41) is 0. The summed E-state index contributed by atoms with van der Waals surface area (Å²) >= 11 is 0. The van der Waals surface area contributed by atoms with Gasteiger partial charge in [-0.3, -0.25) is 0 Å². The van der Waals surface area contributed by atoms with E-state index in [0.29, 0.717) is 17.1 Å². The highest BCUT2D eigenvalue weighted by molar-refractivity contribution is 5.96. The number of esters is 1. The second-order valence-corrected chi connectivity index (χ2v) is 7.26. The molecule has 1 aromatic rings. The first-order chi connectivity index (χ1) is 12.9. The monoisotopic (exact) mass is 380 g/mol. The topological polar surface area (TPSA) is 75.8 Å². The Bertz CT molecular complexity index is 681. The van der Waals surface area contributed by atoms with Crippen molar-refractivity contribution in [1.29, 1.82) is 0 Å². The van der Waals surface area contributed by atoms with Gasteiger partial charge in [0.25, 0.3) is 0 Å². The maximum atomic E-state index is 12.5. The van der Waals surface area contributed by atoms with Gasteiger partial charge in [-0.05, 0) is 25.3 Å². The van der Waals surface area contributed by atoms with Crippen molar-refractivity contribution < 1.29 is 33.2 Å². The zero-order valence-electron chi connectivity index (χ0n) is 16.6. The van der Waals surface area contributed by atoms with Gasteiger partial charge in [0.05, 0.1) is 13.2 Å². The Morgan fingerprint density at radius 1 is 1.11 bits per heavy atom. The van der Waals surface area contributed by atoms with Crippen molar-refractivity contribution in [1.82, 2.24) is 0 Å². The number of carbonyl (C=O) groups is 1. The molecule has 0 aliphatic carbocycles. The Morgan fingerprint density at radius 2 is 1.85 bits per heavy atom. The van der Waals surface area contributed by atoms with Crippen LogP contribution in [0.1, 0.15) is 61.6 Å². The first-order valence-electron chi connectivity index (χ1n) is 9.24. The minimum atomic E-state index is -1.00. The van der Waals surface area contributed by atoms with Gasteiger partial charge in [-0.25, -0.2) is 4.79 Å². The van der Waals surface area contributed by atoms with Gasteiger partial charge in [0.1, 0.15) is 23.2 Å². The van der Waals surface area contributed by atoms with Crippen LogP contribution >= 0.6 is 0 Å². The number of cyclic esters (lactones) is 1. The quantitative estimate of drug-likeness (QED) is 0.280. The Labute approximate surface area is 159 Å². The Kier molecular flexibility index (Phi) is 5.93. The fourth-order valence-corrected chi connectivity index (χ4v) is 3.44. The summed E-state index contributed by atoms with van der Waals surface area (Å²) in [4.78, 5) is 12.5. The van der Waals surface area contributed by atoms with E-state index >= 15 is 0 Å². The molecule has 1 fully saturated rings. The van der Waals surface area contributed by atoms with Gasteiger partial charge < -0.3 is 28.4 Å². The molecule has 3 rings (SSSR count). The Balaban J connectivity index is 1.67. The van der Waals surface area contributed by atoms with E-state index < -0.39 is 11.8 Å². The maximum Gasteiger partial charge on any atom is 0.345 e. The van der Waals surface area contributed by atoms with Crippen molar-refractivity contribution in [3.63, 3.8) is 0 Å². The molecule has 2 heterocycles. The molecule has 2 aliphatic rings. The largest absolute Gasteiger partial charge is 0.497 e. The second-order valence-electron chi connectivity index (χ2n) is 7.26. The fourth-order valence-electron chi connectivity index (χ4n) is 3.44. The van der Waals surface area contributed by atoms with Crippen LogP contribution in [0.2, 0.25) is 0 Å². The molecule has 7 heteroatoms. The van der Waals surface area contributed by atoms with Gasteiger partial charge in [-0.15, -0.1) is 0 Å². The number of hydrogen-bond acceptors (Lipinski definition) is 7. The van der Waals surface area contributed by atoms with Crippen LogP contribution in [-0.2, 0) is 18.9 Å². The van der Waals surface area contributed by atoms with Crippen LogP contribution in [0.3, 0.4) is 0 Å². The molecule has 0 N–H and O–H groups in total. The molecule has 0 saturated carbocycles. The third-order valence-electron chi connectivity index (χ3n) is 4.83. The third kappa shape index (κ3) is 4.54. The van der Waals surface area contributed by atoms with Crippen LogP contribution in [0.4, 0.5) is 0 Å². The highest BCUT2D eigenvalue weighted by Gasteiger charge is 2.45. The molecule has 2 aliphatic heterocycles. The van der Waals surface area contributed by atoms with Crippen molar-refractivity contribution in [2.24, 2.45) is 0 Å². The van der Waals surface area contributed by atoms with E-state index in [4.69, 9.17) is 28.4 Å². The summed E-state index contributed by atoms with van der Waals surface area (Å²) in [7, 11) is 4.87. The van der Waals surface area contributed by atoms with Gasteiger partial charge >= 0.3 is 5.97 Å². The summed E-state index contributed by atoms with van der Waals surface area (Å²) in [5.41, 5.74) is 1.20. The highest BCUT2D eigenvalue weighted by atomic mass is 16.7. The zero-order chi connectivity index (χ0) is 19.6. The van der Waals surface area contributed by atoms with Crippen molar-refractivity contribution in [2.75, 3.05) is 21.3 Å². The summed E-state index contributed by atoms with van der Waals surface area (Å²) < 4.78 is 32.8. The van der Waals surface area contributed by atoms with Crippen molar-refractivity contribution >= 4 is 5.97 Å². The van der Waals surface area contributed by atoms with E-state index in [1.54, 1.807) is 41.2 Å². The molecule has 0 bridgehead atoms. The number of benzene rings is 1. The van der Waals surface area contributed by atoms with Crippen molar-refractivity contribution in [2.45, 2.75) is 63.8 Å². The molecule has 1 saturated heterocycles. The molecule has 27 heavy (non-hydrogen) atoms. The van der Waals surface area contributed by atoms with Gasteiger partial charge in [0, 0.05) is 39.7 Å². The van der Waals surface area contributed by atoms with Crippen molar-refractivity contribution in [3.8, 4) is 11.5 Å². The van der Waals surface area contributed by atoms with Gasteiger partial charge in [-0.2, -0.15) is 0 Å². The first kappa shape index (κ1) is 19.9. The number of ether oxygens (including phenoxy) is 6. The van der Waals surface area contributed by atoms with Gasteiger partial charge in [0.15, 0.2) is 6.29 Å². The first-order valence-corrected chi connectivity index (χ1v) is 9.24. The smallest absolute Gasteiger partial charge is 0.345 e. The Hall–Kier alpha value is -1.83. The van der Waals surface area contributed by atoms with E-state index in [0.717, 1.165) is 31.2 Å². The lowest BCUT2D eigenvalue weighted by Gasteiger charge is -2.32. The average molecular weight is 380 g/mol. The van der Waals surface area contributed by atoms with Crippen LogP contribution in [0.25, 0.3) is 0 Å². The van der Waals surface area contributed by atoms with E-state index in [1.165, 1.54) is 0 Å². The maximum absolute atomic E-state index is 12.5. The van der Waals surface area contributed by atoms with Crippen LogP contribution in [0, 0.1) is 0 Å². The molecule has 150 valence electrons. The Morgan fingerprint density at radius 3 is 2.52 bits per heavy atom. The lowest BCUT2D eigenvalue weighted by molar-refractivity contribution is -0.127. The van der Waals surface area contributed by atoms with Gasteiger partial charge in [-0.1, -0.05) is 6.42 Å². The lowest BCUT2D eigenvalue weighted by atomic mass is 9.98. The molecule has 0 amide bonds. The summed E-state index contributed by atoms with van der Waals surface area (Å²) in [6.45, 7) is 3.41. The number of unbranched alkanes of at least 4 members (excludes halogenated alkanes) is 1. The number of epoxide rings is 1. The molecule has 2 atom stereocenters. The number of rotatable bonds is 9. The van der Waals surface area contributed by atoms with Crippen LogP contribution in [-0.4, -0.2) is 45.5 Å². The van der Waals surface area contributed by atoms with E-state index in [2.05, 4.69) is 0 Å². The minimum absolute atomic E-state index is 0.0764. The SMILES string of the molecule is COc1cc2c(c(C3OC3CCCCC(OC)OC)c1)C(=O)OC(C)(C)O2. The summed E-state index contributed by atoms with van der Waals surface area (Å²) in [6, 6.07) is 3.55. The van der Waals surface area contributed by atoms with Crippen molar-refractivity contribution in [3.05, 3.63) is 23.3 Å². The van der Waals surface area contributed by atoms with Gasteiger partial charge in [0.2, 0.25) is 5.79 Å². The molecule has 0 radical (unpaired) electrons. The number of methoxy groups -OCH3 is 3. The van der Waals surface area contributed by atoms with E-state index in [-0.39, 0.29) is 18.5 Å². The molecule has 0 aromatic heterocycles. The van der Waals surface area contributed by atoms with E-state index in [9.17, 15) is 4.79 Å². The summed E-state index contributed by atoms with van der Waals surface area (Å²) in [5.74, 6) is -0.290. The molecule has 2 unspecified atom stereocenters. The van der Waals surface area contributed by atoms with Crippen LogP contribution in [0.15, 0.2) is 12.1 Å². The van der Waals surface area contributed by atoms with Crippen LogP contribution < -0.4 is 9.47 Å². The molecule has 1 aromatic carbocycles. The molecular weight excluding hydrogens is 352 g/mol. The third-order valence-corrected chi connectivity index (χ3v) is 4.83. The fraction of sp³-hybridized carbons (Fsp3) is 0.650. The molecular formula is C20H28O7. The van der Waals surface area contributed by atoms with Crippen LogP contribution in [0.5, 0.6) is 11.5 Å². The predicted octanol–water partition coefficient (Wildman–Crippen LogP) is 3.60. The number of carbonyl (C=O) groups excluding carboxylic acids is 1. The normalized spacial score (nSPS) is 22.8. The zero-order valence-corrected chi connectivity index (χ0v) is 16.6. The number of fused-ring (bicyclic) bond motifs is 1. The number of hydrogen-bond donors (Lipinski definition) is 0. The second kappa shape index (κ2) is 8.04.